The summed E-state index contributed by atoms with van der Waals surface area (Å²) in [5, 5.41) is 9.00. The first-order chi connectivity index (χ1) is 7.79. The molecule has 86 valence electrons. The first-order valence-corrected chi connectivity index (χ1v) is 5.69. The fourth-order valence-corrected chi connectivity index (χ4v) is 2.10. The Bertz CT molecular complexity index is 350. The van der Waals surface area contributed by atoms with Crippen LogP contribution < -0.4 is 0 Å². The van der Waals surface area contributed by atoms with E-state index in [1.807, 2.05) is 18.2 Å². The minimum absolute atomic E-state index is 0.00197. The monoisotopic (exact) mass is 219 g/mol. The third kappa shape index (κ3) is 2.68. The number of benzene rings is 1. The van der Waals surface area contributed by atoms with Gasteiger partial charge >= 0.3 is 0 Å². The molecule has 0 aromatic heterocycles. The molecule has 1 aromatic rings. The predicted octanol–water partition coefficient (Wildman–Crippen LogP) is 1.07. The molecule has 16 heavy (non-hydrogen) atoms. The number of likely N-dealkylation sites (tertiary alicyclic amines) is 1. The van der Waals surface area contributed by atoms with Gasteiger partial charge in [-0.15, -0.1) is 0 Å². The predicted molar refractivity (Wildman–Crippen MR) is 61.9 cm³/mol. The summed E-state index contributed by atoms with van der Waals surface area (Å²) in [6.45, 7) is 2.19. The van der Waals surface area contributed by atoms with Crippen LogP contribution in [0, 0.1) is 5.92 Å². The van der Waals surface area contributed by atoms with Crippen molar-refractivity contribution in [2.24, 2.45) is 5.92 Å². The van der Waals surface area contributed by atoms with E-state index in [-0.39, 0.29) is 18.3 Å². The highest BCUT2D eigenvalue weighted by atomic mass is 16.3. The number of piperidine rings is 1. The second-order valence-electron chi connectivity index (χ2n) is 4.33. The zero-order chi connectivity index (χ0) is 11.4. The van der Waals surface area contributed by atoms with Crippen molar-refractivity contribution in [3.8, 4) is 0 Å². The molecule has 3 heteroatoms. The van der Waals surface area contributed by atoms with Crippen LogP contribution in [-0.2, 0) is 11.3 Å². The van der Waals surface area contributed by atoms with E-state index in [0.717, 1.165) is 19.5 Å². The minimum atomic E-state index is -0.132. The highest BCUT2D eigenvalue weighted by Crippen LogP contribution is 2.15. The summed E-state index contributed by atoms with van der Waals surface area (Å²) in [6.07, 6.45) is 0.780. The first kappa shape index (κ1) is 11.3. The molecule has 1 aliphatic heterocycles. The van der Waals surface area contributed by atoms with E-state index in [4.69, 9.17) is 5.11 Å². The van der Waals surface area contributed by atoms with Gasteiger partial charge in [-0.05, 0) is 18.5 Å². The molecule has 1 unspecified atom stereocenters. The van der Waals surface area contributed by atoms with Gasteiger partial charge in [0.15, 0.2) is 5.78 Å². The highest BCUT2D eigenvalue weighted by Gasteiger charge is 2.25. The molecule has 1 heterocycles. The SMILES string of the molecule is O=C1CN(Cc2ccccc2)CCC1CO. The Balaban J connectivity index is 1.91. The van der Waals surface area contributed by atoms with Crippen LogP contribution in [0.2, 0.25) is 0 Å². The van der Waals surface area contributed by atoms with Crippen molar-refractivity contribution >= 4 is 5.78 Å². The average molecular weight is 219 g/mol. The smallest absolute Gasteiger partial charge is 0.152 e. The lowest BCUT2D eigenvalue weighted by Gasteiger charge is -2.29. The molecule has 1 fully saturated rings. The van der Waals surface area contributed by atoms with Crippen molar-refractivity contribution in [2.75, 3.05) is 19.7 Å². The van der Waals surface area contributed by atoms with Crippen molar-refractivity contribution in [3.05, 3.63) is 35.9 Å². The van der Waals surface area contributed by atoms with Gasteiger partial charge in [0.25, 0.3) is 0 Å². The van der Waals surface area contributed by atoms with E-state index in [0.29, 0.717) is 6.54 Å². The van der Waals surface area contributed by atoms with Crippen molar-refractivity contribution in [2.45, 2.75) is 13.0 Å². The number of carbonyl (C=O) groups is 1. The minimum Gasteiger partial charge on any atom is -0.396 e. The lowest BCUT2D eigenvalue weighted by molar-refractivity contribution is -0.128. The van der Waals surface area contributed by atoms with Crippen LogP contribution in [0.1, 0.15) is 12.0 Å². The quantitative estimate of drug-likeness (QED) is 0.826. The fourth-order valence-electron chi connectivity index (χ4n) is 2.10. The molecule has 1 saturated heterocycles. The number of aliphatic hydroxyl groups is 1. The van der Waals surface area contributed by atoms with Crippen molar-refractivity contribution in [1.29, 1.82) is 0 Å². The molecule has 0 bridgehead atoms. The van der Waals surface area contributed by atoms with Gasteiger partial charge in [-0.25, -0.2) is 0 Å². The van der Waals surface area contributed by atoms with Crippen molar-refractivity contribution in [3.63, 3.8) is 0 Å². The Morgan fingerprint density at radius 1 is 1.31 bits per heavy atom. The summed E-state index contributed by atoms with van der Waals surface area (Å²) in [4.78, 5) is 13.8. The number of carbonyl (C=O) groups excluding carboxylic acids is 1. The van der Waals surface area contributed by atoms with Crippen LogP contribution in [0.4, 0.5) is 0 Å². The maximum Gasteiger partial charge on any atom is 0.152 e. The molecular formula is C13H17NO2. The Morgan fingerprint density at radius 2 is 2.06 bits per heavy atom. The average Bonchev–Trinajstić information content (AvgIpc) is 2.31. The molecular weight excluding hydrogens is 202 g/mol. The van der Waals surface area contributed by atoms with E-state index in [1.54, 1.807) is 0 Å². The maximum absolute atomic E-state index is 11.6. The van der Waals surface area contributed by atoms with Crippen LogP contribution in [0.15, 0.2) is 30.3 Å². The summed E-state index contributed by atoms with van der Waals surface area (Å²) in [6, 6.07) is 10.2. The zero-order valence-corrected chi connectivity index (χ0v) is 9.30. The van der Waals surface area contributed by atoms with E-state index < -0.39 is 0 Å². The fraction of sp³-hybridized carbons (Fsp3) is 0.462. The first-order valence-electron chi connectivity index (χ1n) is 5.69. The number of hydrogen-bond acceptors (Lipinski definition) is 3. The molecule has 0 radical (unpaired) electrons. The summed E-state index contributed by atoms with van der Waals surface area (Å²) >= 11 is 0. The molecule has 1 aliphatic rings. The summed E-state index contributed by atoms with van der Waals surface area (Å²) < 4.78 is 0. The molecule has 1 aromatic carbocycles. The van der Waals surface area contributed by atoms with Crippen LogP contribution in [0.3, 0.4) is 0 Å². The van der Waals surface area contributed by atoms with E-state index >= 15 is 0 Å². The van der Waals surface area contributed by atoms with Gasteiger partial charge in [-0.2, -0.15) is 0 Å². The Labute approximate surface area is 95.7 Å². The number of rotatable bonds is 3. The number of hydrogen-bond donors (Lipinski definition) is 1. The molecule has 2 rings (SSSR count). The molecule has 0 amide bonds. The lowest BCUT2D eigenvalue weighted by atomic mass is 9.96. The Morgan fingerprint density at radius 3 is 2.69 bits per heavy atom. The summed E-state index contributed by atoms with van der Waals surface area (Å²) in [5.41, 5.74) is 1.23. The molecule has 1 atom stereocenters. The van der Waals surface area contributed by atoms with Crippen molar-refractivity contribution < 1.29 is 9.90 Å². The van der Waals surface area contributed by atoms with Gasteiger partial charge in [0.1, 0.15) is 0 Å². The number of ketones is 1. The molecule has 1 N–H and O–H groups in total. The van der Waals surface area contributed by atoms with E-state index in [2.05, 4.69) is 17.0 Å². The summed E-state index contributed by atoms with van der Waals surface area (Å²) in [7, 11) is 0. The van der Waals surface area contributed by atoms with Crippen molar-refractivity contribution in [1.82, 2.24) is 4.90 Å². The van der Waals surface area contributed by atoms with E-state index in [9.17, 15) is 4.79 Å². The van der Waals surface area contributed by atoms with E-state index in [1.165, 1.54) is 5.56 Å². The van der Waals surface area contributed by atoms with Gasteiger partial charge in [-0.1, -0.05) is 30.3 Å². The van der Waals surface area contributed by atoms with Gasteiger partial charge in [-0.3, -0.25) is 9.69 Å². The van der Waals surface area contributed by atoms with Gasteiger partial charge in [0.2, 0.25) is 0 Å². The standard InChI is InChI=1S/C13H17NO2/c15-10-12-6-7-14(9-13(12)16)8-11-4-2-1-3-5-11/h1-5,12,15H,6-10H2. The second-order valence-corrected chi connectivity index (χ2v) is 4.33. The Kier molecular flexibility index (Phi) is 3.70. The third-order valence-corrected chi connectivity index (χ3v) is 3.10. The normalized spacial score (nSPS) is 22.3. The van der Waals surface area contributed by atoms with Crippen LogP contribution in [0.25, 0.3) is 0 Å². The molecule has 0 aliphatic carbocycles. The topological polar surface area (TPSA) is 40.5 Å². The molecule has 3 nitrogen and oxygen atoms in total. The second kappa shape index (κ2) is 5.23. The largest absolute Gasteiger partial charge is 0.396 e. The summed E-state index contributed by atoms with van der Waals surface area (Å²) in [5.74, 6) is 0.0386. The van der Waals surface area contributed by atoms with Crippen LogP contribution in [0.5, 0.6) is 0 Å². The number of Topliss-reactive ketones (excluding diaryl/α,β-unsaturated/α-hetero) is 1. The highest BCUT2D eigenvalue weighted by molar-refractivity contribution is 5.83. The Hall–Kier alpha value is -1.19. The lowest BCUT2D eigenvalue weighted by Crippen LogP contribution is -2.41. The van der Waals surface area contributed by atoms with Gasteiger partial charge in [0, 0.05) is 12.5 Å². The number of nitrogens with zero attached hydrogens (tertiary/aromatic N) is 1. The third-order valence-electron chi connectivity index (χ3n) is 3.10. The molecule has 0 spiro atoms. The number of aliphatic hydroxyl groups excluding tert-OH is 1. The zero-order valence-electron chi connectivity index (χ0n) is 9.30. The molecule has 0 saturated carbocycles. The van der Waals surface area contributed by atoms with Gasteiger partial charge < -0.3 is 5.11 Å². The maximum atomic E-state index is 11.6. The van der Waals surface area contributed by atoms with Crippen LogP contribution in [-0.4, -0.2) is 35.5 Å². The van der Waals surface area contributed by atoms with Gasteiger partial charge in [0.05, 0.1) is 13.2 Å². The van der Waals surface area contributed by atoms with Crippen LogP contribution >= 0.6 is 0 Å².